The van der Waals surface area contributed by atoms with E-state index in [2.05, 4.69) is 0 Å². The Hall–Kier alpha value is -1.64. The zero-order valence-corrected chi connectivity index (χ0v) is 15.3. The highest BCUT2D eigenvalue weighted by Crippen LogP contribution is 2.48. The molecule has 0 fully saturated rings. The van der Waals surface area contributed by atoms with E-state index in [1.807, 2.05) is 73.2 Å². The van der Waals surface area contributed by atoms with E-state index in [0.29, 0.717) is 15.2 Å². The largest absolute Gasteiger partial charge is 0.462 e. The Kier molecular flexibility index (Phi) is 5.97. The molecule has 0 saturated carbocycles. The van der Waals surface area contributed by atoms with Crippen molar-refractivity contribution in [2.24, 2.45) is 0 Å². The number of benzene rings is 2. The summed E-state index contributed by atoms with van der Waals surface area (Å²) < 4.78 is 19.7. The van der Waals surface area contributed by atoms with E-state index < -0.39 is 23.6 Å². The van der Waals surface area contributed by atoms with Crippen molar-refractivity contribution in [3.8, 4) is 0 Å². The Morgan fingerprint density at radius 2 is 1.39 bits per heavy atom. The summed E-state index contributed by atoms with van der Waals surface area (Å²) in [7, 11) is -3.70. The molecule has 0 N–H and O–H groups in total. The number of esters is 1. The van der Waals surface area contributed by atoms with Gasteiger partial charge >= 0.3 is 5.97 Å². The van der Waals surface area contributed by atoms with Gasteiger partial charge in [0.05, 0.1) is 6.61 Å². The van der Waals surface area contributed by atoms with Crippen molar-refractivity contribution in [3.63, 3.8) is 0 Å². The molecule has 0 spiro atoms. The van der Waals surface area contributed by atoms with E-state index in [1.165, 1.54) is 0 Å². The smallest absolute Gasteiger partial charge is 0.348 e. The second kappa shape index (κ2) is 7.76. The van der Waals surface area contributed by atoms with Gasteiger partial charge in [-0.2, -0.15) is 10.5 Å². The first-order valence-electron chi connectivity index (χ1n) is 7.35. The molecule has 2 aromatic rings. The first kappa shape index (κ1) is 17.7. The van der Waals surface area contributed by atoms with Crippen molar-refractivity contribution in [2.75, 3.05) is 19.1 Å². The first-order chi connectivity index (χ1) is 11.0. The van der Waals surface area contributed by atoms with Crippen molar-refractivity contribution < 1.29 is 14.1 Å². The number of rotatable bonds is 5. The molecular formula is C18H21O3PS. The first-order valence-corrected chi connectivity index (χ1v) is 11.1. The van der Waals surface area contributed by atoms with Crippen molar-refractivity contribution in [1.82, 2.24) is 0 Å². The van der Waals surface area contributed by atoms with Crippen LogP contribution in [-0.2, 0) is 14.1 Å². The highest BCUT2D eigenvalue weighted by Gasteiger charge is 2.37. The fraction of sp³-hybridized carbons (Fsp3) is 0.222. The van der Waals surface area contributed by atoms with Gasteiger partial charge in [0.25, 0.3) is 0 Å². The monoisotopic (exact) mass is 348 g/mol. The zero-order valence-electron chi connectivity index (χ0n) is 13.6. The molecule has 0 aliphatic heterocycles. The average Bonchev–Trinajstić information content (AvgIpc) is 2.56. The van der Waals surface area contributed by atoms with Crippen LogP contribution >= 0.6 is 17.6 Å². The molecule has 0 saturated heterocycles. The van der Waals surface area contributed by atoms with E-state index in [0.717, 1.165) is 0 Å². The van der Waals surface area contributed by atoms with E-state index in [1.54, 1.807) is 6.92 Å². The van der Waals surface area contributed by atoms with Gasteiger partial charge in [-0.3, -0.25) is 0 Å². The van der Waals surface area contributed by atoms with E-state index in [-0.39, 0.29) is 6.61 Å². The minimum absolute atomic E-state index is 0.267. The predicted octanol–water partition coefficient (Wildman–Crippen LogP) is 3.22. The van der Waals surface area contributed by atoms with Crippen LogP contribution in [0.4, 0.5) is 0 Å². The van der Waals surface area contributed by atoms with Gasteiger partial charge in [0.15, 0.2) is 7.14 Å². The van der Waals surface area contributed by atoms with Gasteiger partial charge in [-0.05, 0) is 19.4 Å². The van der Waals surface area contributed by atoms with Crippen LogP contribution in [0.5, 0.6) is 0 Å². The van der Waals surface area contributed by atoms with Crippen molar-refractivity contribution in [1.29, 1.82) is 0 Å². The third-order valence-corrected chi connectivity index (χ3v) is 8.97. The molecule has 0 aliphatic rings. The molecule has 0 aliphatic carbocycles. The molecule has 0 heterocycles. The maximum atomic E-state index is 14.1. The number of hydrogen-bond acceptors (Lipinski definition) is 3. The fourth-order valence-electron chi connectivity index (χ4n) is 2.40. The van der Waals surface area contributed by atoms with Gasteiger partial charge < -0.3 is 9.30 Å². The second-order valence-electron chi connectivity index (χ2n) is 5.12. The molecule has 0 amide bonds. The van der Waals surface area contributed by atoms with Crippen LogP contribution in [0.15, 0.2) is 60.7 Å². The minimum atomic E-state index is -3.22. The number of hydrogen-bond donors (Lipinski definition) is 0. The van der Waals surface area contributed by atoms with Crippen LogP contribution in [0.25, 0.3) is 0 Å². The van der Waals surface area contributed by atoms with E-state index in [9.17, 15) is 9.36 Å². The summed E-state index contributed by atoms with van der Waals surface area (Å²) in [6, 6.07) is 18.4. The Bertz CT molecular complexity index is 707. The summed E-state index contributed by atoms with van der Waals surface area (Å²) in [5, 5.41) is 1.32. The molecule has 2 aromatic carbocycles. The van der Waals surface area contributed by atoms with Crippen molar-refractivity contribution in [3.05, 3.63) is 60.7 Å². The summed E-state index contributed by atoms with van der Waals surface area (Å²) in [4.78, 5) is 12.6. The van der Waals surface area contributed by atoms with Crippen molar-refractivity contribution in [2.45, 2.75) is 6.92 Å². The summed E-state index contributed by atoms with van der Waals surface area (Å²) >= 11 is 0. The van der Waals surface area contributed by atoms with Gasteiger partial charge in [-0.15, -0.1) is 0 Å². The van der Waals surface area contributed by atoms with E-state index >= 15 is 0 Å². The van der Waals surface area contributed by atoms with Gasteiger partial charge in [0, 0.05) is 10.6 Å². The molecule has 0 unspecified atom stereocenters. The molecule has 23 heavy (non-hydrogen) atoms. The maximum Gasteiger partial charge on any atom is 0.348 e. The predicted molar refractivity (Wildman–Crippen MR) is 101 cm³/mol. The molecule has 0 radical (unpaired) electrons. The number of carbonyl (C=O) groups is 1. The molecular weight excluding hydrogens is 327 g/mol. The van der Waals surface area contributed by atoms with Crippen LogP contribution in [0.2, 0.25) is 0 Å². The van der Waals surface area contributed by atoms with Crippen LogP contribution in [-0.4, -0.2) is 29.7 Å². The molecule has 5 heteroatoms. The number of carbonyl (C=O) groups excluding carboxylic acids is 1. The quantitative estimate of drug-likeness (QED) is 0.473. The lowest BCUT2D eigenvalue weighted by molar-refractivity contribution is -0.134. The van der Waals surface area contributed by atoms with Crippen LogP contribution in [0.3, 0.4) is 0 Å². The maximum absolute atomic E-state index is 14.1. The topological polar surface area (TPSA) is 43.4 Å². The summed E-state index contributed by atoms with van der Waals surface area (Å²) in [5.41, 5.74) is 0. The van der Waals surface area contributed by atoms with Crippen LogP contribution < -0.4 is 10.6 Å². The second-order valence-corrected chi connectivity index (χ2v) is 10.2. The summed E-state index contributed by atoms with van der Waals surface area (Å²) in [6.45, 7) is 2.03. The minimum Gasteiger partial charge on any atom is -0.462 e. The lowest BCUT2D eigenvalue weighted by atomic mass is 10.4. The molecule has 0 aromatic heterocycles. The Morgan fingerprint density at radius 1 is 0.957 bits per heavy atom. The Morgan fingerprint density at radius 3 is 1.74 bits per heavy atom. The fourth-order valence-corrected chi connectivity index (χ4v) is 7.76. The number of ether oxygens (including phenoxy) is 1. The Labute approximate surface area is 140 Å². The summed E-state index contributed by atoms with van der Waals surface area (Å²) in [6.07, 6.45) is 3.82. The van der Waals surface area contributed by atoms with Gasteiger partial charge in [0.2, 0.25) is 0 Å². The zero-order chi connectivity index (χ0) is 16.9. The molecule has 3 nitrogen and oxygen atoms in total. The average molecular weight is 348 g/mol. The lowest BCUT2D eigenvalue weighted by Gasteiger charge is -2.22. The standard InChI is InChI=1S/C18H21O3PS/c1-4-21-17(19)18(23(2)3)22(20,15-11-7-5-8-12-15)16-13-9-6-10-14-16/h5-14H,4H2,1-3H3. The molecule has 0 bridgehead atoms. The van der Waals surface area contributed by atoms with Gasteiger partial charge in [-0.25, -0.2) is 4.79 Å². The van der Waals surface area contributed by atoms with Crippen LogP contribution in [0, 0.1) is 0 Å². The third-order valence-electron chi connectivity index (χ3n) is 3.36. The third kappa shape index (κ3) is 3.65. The Balaban J connectivity index is 2.75. The highest BCUT2D eigenvalue weighted by molar-refractivity contribution is 8.26. The molecule has 2 rings (SSSR count). The van der Waals surface area contributed by atoms with Crippen LogP contribution in [0.1, 0.15) is 6.92 Å². The van der Waals surface area contributed by atoms with E-state index in [4.69, 9.17) is 4.74 Å². The normalized spacial score (nSPS) is 11.3. The molecule has 0 atom stereocenters. The SMILES string of the molecule is CCOC(=O)C(=S(C)C)P(=O)(c1ccccc1)c1ccccc1. The highest BCUT2D eigenvalue weighted by atomic mass is 32.2. The lowest BCUT2D eigenvalue weighted by Crippen LogP contribution is -2.29. The van der Waals surface area contributed by atoms with Crippen molar-refractivity contribution >= 4 is 38.8 Å². The van der Waals surface area contributed by atoms with Gasteiger partial charge in [-0.1, -0.05) is 60.7 Å². The summed E-state index contributed by atoms with van der Waals surface area (Å²) in [5.74, 6) is -0.461. The molecule has 122 valence electrons. The van der Waals surface area contributed by atoms with Gasteiger partial charge in [0.1, 0.15) is 4.61 Å².